The standard InChI is InChI=1S/C11H21N/c1-9(7-10(2)12-6)8-11(3,4)5/h7,9H,6,8H2,1-5H3/b10-7-. The van der Waals surface area contributed by atoms with Gasteiger partial charge in [-0.2, -0.15) is 0 Å². The van der Waals surface area contributed by atoms with Crippen molar-refractivity contribution in [3.63, 3.8) is 0 Å². The normalized spacial score (nSPS) is 15.9. The second-order valence-corrected chi connectivity index (χ2v) is 4.71. The van der Waals surface area contributed by atoms with E-state index in [1.54, 1.807) is 0 Å². The Morgan fingerprint density at radius 1 is 1.50 bits per heavy atom. The third kappa shape index (κ3) is 6.14. The van der Waals surface area contributed by atoms with Gasteiger partial charge in [-0.3, -0.25) is 4.99 Å². The van der Waals surface area contributed by atoms with E-state index in [-0.39, 0.29) is 0 Å². The second-order valence-electron chi connectivity index (χ2n) is 4.71. The van der Waals surface area contributed by atoms with E-state index in [0.29, 0.717) is 11.3 Å². The molecule has 0 saturated carbocycles. The van der Waals surface area contributed by atoms with Crippen molar-refractivity contribution in [1.82, 2.24) is 0 Å². The van der Waals surface area contributed by atoms with E-state index in [4.69, 9.17) is 0 Å². The fraction of sp³-hybridized carbons (Fsp3) is 0.727. The van der Waals surface area contributed by atoms with Crippen LogP contribution in [0.2, 0.25) is 0 Å². The minimum atomic E-state index is 0.400. The Morgan fingerprint density at radius 3 is 2.33 bits per heavy atom. The summed E-state index contributed by atoms with van der Waals surface area (Å²) < 4.78 is 0. The SMILES string of the molecule is C=N/C(C)=C\C(C)CC(C)(C)C. The Hall–Kier alpha value is -0.590. The fourth-order valence-corrected chi connectivity index (χ4v) is 1.49. The van der Waals surface area contributed by atoms with Gasteiger partial charge in [0.1, 0.15) is 0 Å². The highest BCUT2D eigenvalue weighted by molar-refractivity contribution is 5.28. The molecule has 0 radical (unpaired) electrons. The molecular weight excluding hydrogens is 146 g/mol. The summed E-state index contributed by atoms with van der Waals surface area (Å²) in [6, 6.07) is 0. The molecule has 1 unspecified atom stereocenters. The maximum absolute atomic E-state index is 3.87. The molecule has 0 bridgehead atoms. The smallest absolute Gasteiger partial charge is 0.0328 e. The van der Waals surface area contributed by atoms with E-state index < -0.39 is 0 Å². The first kappa shape index (κ1) is 11.4. The van der Waals surface area contributed by atoms with Crippen molar-refractivity contribution in [1.29, 1.82) is 0 Å². The summed E-state index contributed by atoms with van der Waals surface area (Å²) >= 11 is 0. The molecule has 0 rings (SSSR count). The Bertz CT molecular complexity index is 172. The quantitative estimate of drug-likeness (QED) is 0.569. The molecule has 1 nitrogen and oxygen atoms in total. The van der Waals surface area contributed by atoms with Crippen LogP contribution in [-0.4, -0.2) is 6.72 Å². The predicted molar refractivity (Wildman–Crippen MR) is 56.5 cm³/mol. The average molecular weight is 167 g/mol. The van der Waals surface area contributed by atoms with E-state index >= 15 is 0 Å². The zero-order chi connectivity index (χ0) is 9.78. The van der Waals surface area contributed by atoms with Crippen LogP contribution in [0.4, 0.5) is 0 Å². The Labute approximate surface area is 76.6 Å². The third-order valence-electron chi connectivity index (χ3n) is 1.71. The molecular formula is C11H21N. The van der Waals surface area contributed by atoms with Gasteiger partial charge in [-0.05, 0) is 31.4 Å². The minimum absolute atomic E-state index is 0.400. The Balaban J connectivity index is 4.06. The number of aliphatic imine (C=N–C) groups is 1. The highest BCUT2D eigenvalue weighted by Crippen LogP contribution is 2.25. The molecule has 0 heterocycles. The van der Waals surface area contributed by atoms with Crippen molar-refractivity contribution in [2.75, 3.05) is 0 Å². The second kappa shape index (κ2) is 4.44. The van der Waals surface area contributed by atoms with Gasteiger partial charge in [-0.25, -0.2) is 0 Å². The molecule has 12 heavy (non-hydrogen) atoms. The van der Waals surface area contributed by atoms with Gasteiger partial charge in [-0.1, -0.05) is 33.8 Å². The predicted octanol–water partition coefficient (Wildman–Crippen LogP) is 3.66. The number of hydrogen-bond acceptors (Lipinski definition) is 1. The first-order valence-electron chi connectivity index (χ1n) is 4.50. The molecule has 0 fully saturated rings. The van der Waals surface area contributed by atoms with Gasteiger partial charge in [0.05, 0.1) is 0 Å². The van der Waals surface area contributed by atoms with Crippen molar-refractivity contribution in [3.05, 3.63) is 11.8 Å². The first-order valence-corrected chi connectivity index (χ1v) is 4.50. The molecule has 0 aliphatic rings. The van der Waals surface area contributed by atoms with Gasteiger partial charge in [-0.15, -0.1) is 0 Å². The molecule has 0 aliphatic carbocycles. The molecule has 0 spiro atoms. The van der Waals surface area contributed by atoms with Gasteiger partial charge in [0.15, 0.2) is 0 Å². The third-order valence-corrected chi connectivity index (χ3v) is 1.71. The van der Waals surface area contributed by atoms with E-state index in [1.807, 2.05) is 6.92 Å². The minimum Gasteiger partial charge on any atom is -0.270 e. The summed E-state index contributed by atoms with van der Waals surface area (Å²) in [6.07, 6.45) is 3.37. The molecule has 0 N–H and O–H groups in total. The first-order chi connectivity index (χ1) is 5.35. The summed E-state index contributed by atoms with van der Waals surface area (Å²) in [5, 5.41) is 0. The monoisotopic (exact) mass is 167 g/mol. The van der Waals surface area contributed by atoms with Crippen LogP contribution < -0.4 is 0 Å². The van der Waals surface area contributed by atoms with Crippen molar-refractivity contribution < 1.29 is 0 Å². The summed E-state index contributed by atoms with van der Waals surface area (Å²) in [5.74, 6) is 0.593. The highest BCUT2D eigenvalue weighted by Gasteiger charge is 2.13. The van der Waals surface area contributed by atoms with E-state index in [0.717, 1.165) is 5.70 Å². The topological polar surface area (TPSA) is 12.4 Å². The lowest BCUT2D eigenvalue weighted by molar-refractivity contribution is 0.336. The summed E-state index contributed by atoms with van der Waals surface area (Å²) in [5.41, 5.74) is 1.43. The van der Waals surface area contributed by atoms with Crippen LogP contribution in [0.15, 0.2) is 16.8 Å². The summed E-state index contributed by atoms with van der Waals surface area (Å²) in [4.78, 5) is 3.87. The average Bonchev–Trinajstić information content (AvgIpc) is 1.82. The van der Waals surface area contributed by atoms with Crippen LogP contribution in [0.25, 0.3) is 0 Å². The van der Waals surface area contributed by atoms with E-state index in [1.165, 1.54) is 6.42 Å². The lowest BCUT2D eigenvalue weighted by Gasteiger charge is -2.21. The lowest BCUT2D eigenvalue weighted by atomic mass is 9.85. The van der Waals surface area contributed by atoms with Gasteiger partial charge >= 0.3 is 0 Å². The fourth-order valence-electron chi connectivity index (χ4n) is 1.49. The van der Waals surface area contributed by atoms with Gasteiger partial charge in [0.2, 0.25) is 0 Å². The van der Waals surface area contributed by atoms with Crippen LogP contribution in [0.1, 0.15) is 41.0 Å². The van der Waals surface area contributed by atoms with Crippen molar-refractivity contribution in [2.45, 2.75) is 41.0 Å². The maximum atomic E-state index is 3.87. The number of allylic oxidation sites excluding steroid dienone is 2. The number of rotatable bonds is 3. The highest BCUT2D eigenvalue weighted by atomic mass is 14.7. The van der Waals surface area contributed by atoms with Crippen LogP contribution in [0.5, 0.6) is 0 Å². The molecule has 1 heteroatoms. The molecule has 1 atom stereocenters. The molecule has 0 aromatic heterocycles. The largest absolute Gasteiger partial charge is 0.270 e. The maximum Gasteiger partial charge on any atom is 0.0328 e. The Morgan fingerprint density at radius 2 is 2.00 bits per heavy atom. The molecule has 0 aromatic carbocycles. The van der Waals surface area contributed by atoms with E-state index in [9.17, 15) is 0 Å². The Kier molecular flexibility index (Phi) is 4.22. The zero-order valence-corrected chi connectivity index (χ0v) is 9.02. The number of nitrogens with zero attached hydrogens (tertiary/aromatic N) is 1. The van der Waals surface area contributed by atoms with Gasteiger partial charge in [0, 0.05) is 5.70 Å². The van der Waals surface area contributed by atoms with E-state index in [2.05, 4.69) is 45.5 Å². The number of hydrogen-bond donors (Lipinski definition) is 0. The van der Waals surface area contributed by atoms with Crippen LogP contribution >= 0.6 is 0 Å². The lowest BCUT2D eigenvalue weighted by Crippen LogP contribution is -2.09. The van der Waals surface area contributed by atoms with Crippen molar-refractivity contribution in [2.24, 2.45) is 16.3 Å². The van der Waals surface area contributed by atoms with Crippen molar-refractivity contribution >= 4 is 6.72 Å². The van der Waals surface area contributed by atoms with Gasteiger partial charge < -0.3 is 0 Å². The molecule has 0 aliphatic heterocycles. The van der Waals surface area contributed by atoms with Crippen molar-refractivity contribution in [3.8, 4) is 0 Å². The van der Waals surface area contributed by atoms with Crippen LogP contribution in [0, 0.1) is 11.3 Å². The van der Waals surface area contributed by atoms with Crippen LogP contribution in [0.3, 0.4) is 0 Å². The summed E-state index contributed by atoms with van der Waals surface area (Å²) in [7, 11) is 0. The molecule has 0 saturated heterocycles. The molecule has 0 amide bonds. The summed E-state index contributed by atoms with van der Waals surface area (Å²) in [6.45, 7) is 14.5. The molecule has 70 valence electrons. The molecule has 0 aromatic rings. The van der Waals surface area contributed by atoms with Gasteiger partial charge in [0.25, 0.3) is 0 Å². The zero-order valence-electron chi connectivity index (χ0n) is 9.02. The van der Waals surface area contributed by atoms with Crippen LogP contribution in [-0.2, 0) is 0 Å².